The zero-order valence-corrected chi connectivity index (χ0v) is 20.3. The second kappa shape index (κ2) is 13.4. The highest BCUT2D eigenvalue weighted by Crippen LogP contribution is 2.37. The number of esters is 2. The summed E-state index contributed by atoms with van der Waals surface area (Å²) >= 11 is 0. The predicted octanol–water partition coefficient (Wildman–Crippen LogP) is 2.23. The van der Waals surface area contributed by atoms with Crippen molar-refractivity contribution >= 4 is 23.9 Å². The van der Waals surface area contributed by atoms with Crippen LogP contribution in [0, 0.1) is 0 Å². The molecule has 4 N–H and O–H groups in total. The Morgan fingerprint density at radius 3 is 2.31 bits per heavy atom. The topological polar surface area (TPSA) is 159 Å². The first-order chi connectivity index (χ1) is 17.2. The Balaban J connectivity index is 2.24. The maximum absolute atomic E-state index is 14.7. The summed E-state index contributed by atoms with van der Waals surface area (Å²) in [5.41, 5.74) is 3.66. The molecule has 0 heterocycles. The third-order valence-corrected chi connectivity index (χ3v) is 5.58. The molecule has 0 aromatic heterocycles. The summed E-state index contributed by atoms with van der Waals surface area (Å²) in [6.07, 6.45) is -0.436. The summed E-state index contributed by atoms with van der Waals surface area (Å²) < 4.78 is 29.6. The fourth-order valence-corrected chi connectivity index (χ4v) is 3.48. The fourth-order valence-electron chi connectivity index (χ4n) is 3.48. The first-order valence-electron chi connectivity index (χ1n) is 11.5. The average Bonchev–Trinajstić information content (AvgIpc) is 2.87. The smallest absolute Gasteiger partial charge is 0.408 e. The number of rotatable bonds is 11. The van der Waals surface area contributed by atoms with Crippen molar-refractivity contribution in [1.82, 2.24) is 5.32 Å². The van der Waals surface area contributed by atoms with Crippen molar-refractivity contribution in [2.75, 3.05) is 19.8 Å². The maximum Gasteiger partial charge on any atom is 0.408 e. The summed E-state index contributed by atoms with van der Waals surface area (Å²) in [5.74, 6) is -2.74. The number of oxime groups is 1. The van der Waals surface area contributed by atoms with E-state index in [1.165, 1.54) is 0 Å². The largest absolute Gasteiger partial charge is 0.463 e. The molecule has 1 amide bonds. The van der Waals surface area contributed by atoms with Crippen LogP contribution in [0.15, 0.2) is 47.3 Å². The Morgan fingerprint density at radius 2 is 1.72 bits per heavy atom. The van der Waals surface area contributed by atoms with Crippen LogP contribution in [-0.4, -0.2) is 60.0 Å². The molecule has 12 heteroatoms. The van der Waals surface area contributed by atoms with Crippen LogP contribution in [0.25, 0.3) is 0 Å². The van der Waals surface area contributed by atoms with Crippen LogP contribution in [-0.2, 0) is 35.2 Å². The van der Waals surface area contributed by atoms with Gasteiger partial charge < -0.3 is 35.2 Å². The maximum atomic E-state index is 14.7. The second-order valence-corrected chi connectivity index (χ2v) is 8.13. The van der Waals surface area contributed by atoms with Crippen LogP contribution in [0.4, 0.5) is 9.18 Å². The molecule has 0 saturated heterocycles. The lowest BCUT2D eigenvalue weighted by Crippen LogP contribution is -2.61. The lowest BCUT2D eigenvalue weighted by atomic mass is 9.74. The van der Waals surface area contributed by atoms with Crippen molar-refractivity contribution in [3.63, 3.8) is 0 Å². The molecule has 0 atom stereocenters. The highest BCUT2D eigenvalue weighted by atomic mass is 19.1. The number of halogens is 1. The van der Waals surface area contributed by atoms with Crippen molar-refractivity contribution in [3.05, 3.63) is 47.7 Å². The second-order valence-electron chi connectivity index (χ2n) is 8.13. The van der Waals surface area contributed by atoms with Crippen molar-refractivity contribution in [2.24, 2.45) is 10.9 Å². The van der Waals surface area contributed by atoms with Crippen LogP contribution in [0.2, 0.25) is 0 Å². The van der Waals surface area contributed by atoms with E-state index in [-0.39, 0.29) is 51.3 Å². The molecule has 1 aromatic rings. The van der Waals surface area contributed by atoms with Gasteiger partial charge in [-0.1, -0.05) is 35.5 Å². The van der Waals surface area contributed by atoms with Gasteiger partial charge in [-0.2, -0.15) is 0 Å². The number of carbonyl (C=O) groups excluding carboxylic acids is 3. The lowest BCUT2D eigenvalue weighted by molar-refractivity contribution is -0.144. The van der Waals surface area contributed by atoms with Gasteiger partial charge in [0.05, 0.1) is 25.9 Å². The van der Waals surface area contributed by atoms with Gasteiger partial charge in [0.2, 0.25) is 5.76 Å². The van der Waals surface area contributed by atoms with Crippen molar-refractivity contribution in [1.29, 1.82) is 0 Å². The number of ether oxygens (including phenoxy) is 3. The van der Waals surface area contributed by atoms with E-state index in [2.05, 4.69) is 10.5 Å². The van der Waals surface area contributed by atoms with E-state index >= 15 is 0 Å². The van der Waals surface area contributed by atoms with E-state index < -0.39 is 41.6 Å². The number of nitrogens with zero attached hydrogens (tertiary/aromatic N) is 1. The molecule has 0 radical (unpaired) electrons. The Labute approximate surface area is 208 Å². The van der Waals surface area contributed by atoms with Crippen molar-refractivity contribution in [3.8, 4) is 0 Å². The molecule has 0 spiro atoms. The number of amides is 1. The van der Waals surface area contributed by atoms with Gasteiger partial charge in [-0.25, -0.2) is 18.8 Å². The molecule has 198 valence electrons. The number of benzene rings is 1. The number of aliphatic hydroxyl groups excluding tert-OH is 1. The highest BCUT2D eigenvalue weighted by Gasteiger charge is 2.47. The monoisotopic (exact) mass is 509 g/mol. The predicted molar refractivity (Wildman–Crippen MR) is 126 cm³/mol. The van der Waals surface area contributed by atoms with Gasteiger partial charge in [0.25, 0.3) is 0 Å². The van der Waals surface area contributed by atoms with Gasteiger partial charge in [-0.05, 0) is 45.1 Å². The number of nitrogens with two attached hydrogens (primary N) is 1. The van der Waals surface area contributed by atoms with E-state index in [0.29, 0.717) is 0 Å². The van der Waals surface area contributed by atoms with E-state index in [4.69, 9.17) is 24.8 Å². The summed E-state index contributed by atoms with van der Waals surface area (Å²) in [4.78, 5) is 41.7. The molecular formula is C24H32FN3O8. The molecule has 0 bridgehead atoms. The third kappa shape index (κ3) is 8.22. The van der Waals surface area contributed by atoms with Gasteiger partial charge in [0.15, 0.2) is 5.84 Å². The van der Waals surface area contributed by atoms with Crippen molar-refractivity contribution < 1.29 is 42.9 Å². The number of hydrogen-bond donors (Lipinski definition) is 3. The number of carbonyl (C=O) groups is 3. The molecule has 0 aliphatic heterocycles. The molecule has 0 unspecified atom stereocenters. The molecule has 1 aromatic carbocycles. The van der Waals surface area contributed by atoms with Gasteiger partial charge in [0, 0.05) is 0 Å². The zero-order chi connectivity index (χ0) is 26.6. The molecule has 2 rings (SSSR count). The Bertz CT molecular complexity index is 959. The molecule has 1 aliphatic rings. The number of aliphatic hydroxyl groups is 1. The molecule has 11 nitrogen and oxygen atoms in total. The van der Waals surface area contributed by atoms with Gasteiger partial charge in [-0.3, -0.25) is 0 Å². The van der Waals surface area contributed by atoms with E-state index in [1.807, 2.05) is 6.07 Å². The summed E-state index contributed by atoms with van der Waals surface area (Å²) in [7, 11) is 0. The molecule has 1 fully saturated rings. The molecule has 36 heavy (non-hydrogen) atoms. The van der Waals surface area contributed by atoms with E-state index in [1.54, 1.807) is 38.1 Å². The highest BCUT2D eigenvalue weighted by molar-refractivity contribution is 5.96. The first-order valence-corrected chi connectivity index (χ1v) is 11.5. The standard InChI is InChI=1S/C24H32FN3O8/c1-3-33-19(30)14-18(20(31)34-4-2)36-28-21(26)24(12-10-23(25,16-29)11-13-24)27-22(32)35-15-17-8-6-5-7-9-17/h5-9,14,29H,3-4,10-13,15-16H2,1-2H3,(H2,26,28)(H,27,32)/b18-14+. The first kappa shape index (κ1) is 28.6. The normalized spacial score (nSPS) is 22.3. The Morgan fingerprint density at radius 1 is 1.08 bits per heavy atom. The average molecular weight is 510 g/mol. The minimum absolute atomic E-state index is 0.0000452. The number of alkyl carbamates (subject to hydrolysis) is 1. The quantitative estimate of drug-likeness (QED) is 0.0773. The summed E-state index contributed by atoms with van der Waals surface area (Å²) in [6, 6.07) is 8.96. The van der Waals surface area contributed by atoms with Crippen molar-refractivity contribution in [2.45, 2.75) is 57.3 Å². The Hall–Kier alpha value is -3.67. The van der Waals surface area contributed by atoms with Crippen LogP contribution in [0.3, 0.4) is 0 Å². The van der Waals surface area contributed by atoms with Gasteiger partial charge in [-0.15, -0.1) is 0 Å². The third-order valence-electron chi connectivity index (χ3n) is 5.58. The number of amidine groups is 1. The van der Waals surface area contributed by atoms with Crippen LogP contribution >= 0.6 is 0 Å². The van der Waals surface area contributed by atoms with Crippen LogP contribution < -0.4 is 11.1 Å². The lowest BCUT2D eigenvalue weighted by Gasteiger charge is -2.41. The fraction of sp³-hybridized carbons (Fsp3) is 0.500. The summed E-state index contributed by atoms with van der Waals surface area (Å²) in [5, 5.41) is 15.8. The zero-order valence-electron chi connectivity index (χ0n) is 20.3. The van der Waals surface area contributed by atoms with Crippen LogP contribution in [0.1, 0.15) is 45.1 Å². The minimum Gasteiger partial charge on any atom is -0.463 e. The SMILES string of the molecule is CCOC(=O)/C=C(/O/N=C(\N)C1(NC(=O)OCc2ccccc2)CCC(F)(CO)CC1)C(=O)OCC. The van der Waals surface area contributed by atoms with E-state index in [9.17, 15) is 23.9 Å². The van der Waals surface area contributed by atoms with Gasteiger partial charge >= 0.3 is 18.0 Å². The molecule has 1 aliphatic carbocycles. The minimum atomic E-state index is -1.85. The summed E-state index contributed by atoms with van der Waals surface area (Å²) in [6.45, 7) is 2.49. The molecular weight excluding hydrogens is 477 g/mol. The molecule has 1 saturated carbocycles. The van der Waals surface area contributed by atoms with Gasteiger partial charge in [0.1, 0.15) is 17.8 Å². The number of alkyl halides is 1. The van der Waals surface area contributed by atoms with E-state index in [0.717, 1.165) is 11.6 Å². The Kier molecular flexibility index (Phi) is 10.7. The number of hydrogen-bond acceptors (Lipinski definition) is 9. The van der Waals surface area contributed by atoms with Crippen LogP contribution in [0.5, 0.6) is 0 Å². The number of nitrogens with one attached hydrogen (secondary N) is 1.